The molecule has 1 aromatic rings. The van der Waals surface area contributed by atoms with Gasteiger partial charge in [-0.15, -0.1) is 0 Å². The number of nitrogens with one attached hydrogen (secondary N) is 1. The normalized spacial score (nSPS) is 15.2. The van der Waals surface area contributed by atoms with E-state index in [-0.39, 0.29) is 10.0 Å². The smallest absolute Gasteiger partial charge is 0.377 e. The average molecular weight is 475 g/mol. The lowest BCUT2D eigenvalue weighted by Crippen LogP contribution is -2.51. The summed E-state index contributed by atoms with van der Waals surface area (Å²) in [6.07, 6.45) is 0.689. The Hall–Kier alpha value is -1.52. The Morgan fingerprint density at radius 2 is 1.39 bits per heavy atom. The Balaban J connectivity index is 3.21. The third-order valence-corrected chi connectivity index (χ3v) is 8.65. The molecule has 0 spiro atoms. The van der Waals surface area contributed by atoms with Crippen molar-refractivity contribution in [2.45, 2.75) is 36.3 Å². The number of hydrogen-bond donors (Lipinski definition) is 1. The van der Waals surface area contributed by atoms with E-state index >= 15 is 0 Å². The molecule has 1 aromatic carbocycles. The summed E-state index contributed by atoms with van der Waals surface area (Å²) in [6.45, 7) is 3.65. The fourth-order valence-electron chi connectivity index (χ4n) is 1.64. The summed E-state index contributed by atoms with van der Waals surface area (Å²) in [7, 11) is -20.2. The number of alkyl halides is 5. The zero-order valence-electron chi connectivity index (χ0n) is 14.1. The molecule has 0 aliphatic rings. The number of sulfonamides is 2. The lowest BCUT2D eigenvalue weighted by Gasteiger charge is -2.18. The van der Waals surface area contributed by atoms with Crippen LogP contribution in [0.1, 0.15) is 31.7 Å². The molecule has 28 heavy (non-hydrogen) atoms. The highest BCUT2D eigenvalue weighted by molar-refractivity contribution is 8.12. The van der Waals surface area contributed by atoms with Gasteiger partial charge in [-0.25, -0.2) is 16.8 Å². The van der Waals surface area contributed by atoms with Crippen LogP contribution in [-0.4, -0.2) is 35.3 Å². The first-order valence-electron chi connectivity index (χ1n) is 7.14. The van der Waals surface area contributed by atoms with E-state index in [2.05, 4.69) is 4.18 Å². The summed E-state index contributed by atoms with van der Waals surface area (Å²) in [4.78, 5) is 0. The van der Waals surface area contributed by atoms with Crippen LogP contribution in [0.3, 0.4) is 0 Å². The van der Waals surface area contributed by atoms with Crippen molar-refractivity contribution in [3.63, 3.8) is 0 Å². The number of hydrogen-bond acceptors (Lipinski definition) is 7. The Kier molecular flexibility index (Phi) is 6.76. The minimum atomic E-state index is -6.91. The zero-order valence-corrected chi connectivity index (χ0v) is 16.5. The minimum absolute atomic E-state index is 0.0178. The van der Waals surface area contributed by atoms with Gasteiger partial charge < -0.3 is 4.18 Å². The molecule has 8 nitrogen and oxygen atoms in total. The lowest BCUT2D eigenvalue weighted by atomic mass is 9.99. The maximum atomic E-state index is 13.9. The van der Waals surface area contributed by atoms with Crippen LogP contribution in [0.15, 0.2) is 24.3 Å². The van der Waals surface area contributed by atoms with Crippen molar-refractivity contribution in [1.82, 2.24) is 4.13 Å². The van der Waals surface area contributed by atoms with Gasteiger partial charge in [0.05, 0.1) is 0 Å². The highest BCUT2D eigenvalue weighted by Gasteiger charge is 2.63. The molecule has 0 aliphatic carbocycles. The standard InChI is InChI=1S/C12H14F5NO7S3/c1-3-8(2)9-4-6-10(7-5-9)25-28(23,24)12(16,17)27(21,22)18-26(19,20)11(13,14)15/h4-8,18H,3H2,1-2H3. The van der Waals surface area contributed by atoms with Crippen molar-refractivity contribution >= 4 is 30.2 Å². The Morgan fingerprint density at radius 3 is 1.79 bits per heavy atom. The predicted molar refractivity (Wildman–Crippen MR) is 86.7 cm³/mol. The van der Waals surface area contributed by atoms with Crippen LogP contribution in [0.4, 0.5) is 22.0 Å². The fraction of sp³-hybridized carbons (Fsp3) is 0.500. The highest BCUT2D eigenvalue weighted by Crippen LogP contribution is 2.33. The molecule has 16 heteroatoms. The van der Waals surface area contributed by atoms with Gasteiger partial charge in [0.2, 0.25) is 0 Å². The first-order chi connectivity index (χ1) is 12.4. The second-order valence-corrected chi connectivity index (χ2v) is 10.9. The predicted octanol–water partition coefficient (Wildman–Crippen LogP) is 2.23. The molecule has 162 valence electrons. The van der Waals surface area contributed by atoms with Gasteiger partial charge >= 0.3 is 40.3 Å². The molecule has 0 amide bonds. The summed E-state index contributed by atoms with van der Waals surface area (Å²) < 4.78 is 129. The summed E-state index contributed by atoms with van der Waals surface area (Å²) in [6, 6.07) is 4.44. The van der Waals surface area contributed by atoms with Gasteiger partial charge in [0, 0.05) is 0 Å². The maximum absolute atomic E-state index is 13.9. The summed E-state index contributed by atoms with van der Waals surface area (Å²) in [5.41, 5.74) is -5.61. The third-order valence-electron chi connectivity index (χ3n) is 3.40. The molecule has 0 saturated carbocycles. The molecule has 1 N–H and O–H groups in total. The Bertz CT molecular complexity index is 1020. The monoisotopic (exact) mass is 475 g/mol. The molecule has 0 radical (unpaired) electrons. The second-order valence-electron chi connectivity index (χ2n) is 5.42. The van der Waals surface area contributed by atoms with Crippen LogP contribution < -0.4 is 8.31 Å². The fourth-order valence-corrected chi connectivity index (χ4v) is 5.50. The molecular weight excluding hydrogens is 461 g/mol. The van der Waals surface area contributed by atoms with Gasteiger partial charge in [-0.2, -0.15) is 30.4 Å². The van der Waals surface area contributed by atoms with Crippen LogP contribution in [0, 0.1) is 0 Å². The molecule has 0 saturated heterocycles. The van der Waals surface area contributed by atoms with Crippen LogP contribution in [0.5, 0.6) is 5.75 Å². The van der Waals surface area contributed by atoms with E-state index in [1.165, 1.54) is 12.1 Å². The van der Waals surface area contributed by atoms with E-state index < -0.39 is 46.0 Å². The first-order valence-corrected chi connectivity index (χ1v) is 11.5. The first kappa shape index (κ1) is 24.5. The molecular formula is C12H14F5NO7S3. The minimum Gasteiger partial charge on any atom is -0.377 e. The van der Waals surface area contributed by atoms with E-state index in [0.717, 1.165) is 12.1 Å². The highest BCUT2D eigenvalue weighted by atomic mass is 32.3. The van der Waals surface area contributed by atoms with Gasteiger partial charge in [0.25, 0.3) is 0 Å². The van der Waals surface area contributed by atoms with Gasteiger partial charge in [-0.3, -0.25) is 0 Å². The molecule has 1 unspecified atom stereocenters. The summed E-state index contributed by atoms with van der Waals surface area (Å²) in [5, 5.41) is 0. The number of benzene rings is 1. The van der Waals surface area contributed by atoms with E-state index in [9.17, 15) is 47.2 Å². The lowest BCUT2D eigenvalue weighted by molar-refractivity contribution is -0.0441. The summed E-state index contributed by atoms with van der Waals surface area (Å²) in [5.74, 6) is -0.746. The largest absolute Gasteiger partial charge is 0.512 e. The topological polar surface area (TPSA) is 124 Å². The van der Waals surface area contributed by atoms with E-state index in [1.807, 2.05) is 6.92 Å². The molecule has 0 aromatic heterocycles. The van der Waals surface area contributed by atoms with Crippen LogP contribution in [0.2, 0.25) is 0 Å². The average Bonchev–Trinajstić information content (AvgIpc) is 2.52. The van der Waals surface area contributed by atoms with Crippen molar-refractivity contribution in [2.24, 2.45) is 0 Å². The number of halogens is 5. The van der Waals surface area contributed by atoms with Crippen LogP contribution in [0.25, 0.3) is 0 Å². The quantitative estimate of drug-likeness (QED) is 0.452. The summed E-state index contributed by atoms with van der Waals surface area (Å²) >= 11 is 0. The Morgan fingerprint density at radius 1 is 0.929 bits per heavy atom. The van der Waals surface area contributed by atoms with Gasteiger partial charge in [-0.05, 0) is 30.0 Å². The zero-order chi connectivity index (χ0) is 22.2. The van der Waals surface area contributed by atoms with Crippen LogP contribution >= 0.6 is 0 Å². The van der Waals surface area contributed by atoms with Crippen molar-refractivity contribution < 1.29 is 51.4 Å². The van der Waals surface area contributed by atoms with Crippen molar-refractivity contribution in [1.29, 1.82) is 0 Å². The molecule has 0 heterocycles. The van der Waals surface area contributed by atoms with Crippen molar-refractivity contribution in [3.05, 3.63) is 29.8 Å². The van der Waals surface area contributed by atoms with Crippen molar-refractivity contribution in [2.75, 3.05) is 0 Å². The molecule has 0 aliphatic heterocycles. The molecule has 0 fully saturated rings. The van der Waals surface area contributed by atoms with E-state index in [0.29, 0.717) is 12.0 Å². The van der Waals surface area contributed by atoms with E-state index in [4.69, 9.17) is 0 Å². The molecule has 1 rings (SSSR count). The van der Waals surface area contributed by atoms with Crippen molar-refractivity contribution in [3.8, 4) is 5.75 Å². The van der Waals surface area contributed by atoms with Gasteiger partial charge in [-0.1, -0.05) is 30.1 Å². The SMILES string of the molecule is CCC(C)c1ccc(OS(=O)(=O)C(F)(F)S(=O)(=O)NS(=O)(=O)C(F)(F)F)cc1. The molecule has 0 bridgehead atoms. The Labute approximate surface area is 157 Å². The number of rotatable bonds is 8. The molecule has 1 atom stereocenters. The maximum Gasteiger partial charge on any atom is 0.512 e. The second kappa shape index (κ2) is 7.72. The van der Waals surface area contributed by atoms with E-state index in [1.54, 1.807) is 6.92 Å². The van der Waals surface area contributed by atoms with Gasteiger partial charge in [0.15, 0.2) is 0 Å². The third kappa shape index (κ3) is 4.90. The van der Waals surface area contributed by atoms with Gasteiger partial charge in [0.1, 0.15) is 5.75 Å². The van der Waals surface area contributed by atoms with Crippen LogP contribution in [-0.2, 0) is 30.2 Å².